The Labute approximate surface area is 284 Å². The first-order valence-corrected chi connectivity index (χ1v) is 18.1. The van der Waals surface area contributed by atoms with Gasteiger partial charge in [0.05, 0.1) is 25.0 Å². The van der Waals surface area contributed by atoms with Crippen molar-refractivity contribution in [3.8, 4) is 11.5 Å². The summed E-state index contributed by atoms with van der Waals surface area (Å²) in [5.74, 6) is 1.43. The van der Waals surface area contributed by atoms with Crippen molar-refractivity contribution in [1.82, 2.24) is 9.62 Å². The number of sulfonamides is 1. The molecule has 250 valence electrons. The van der Waals surface area contributed by atoms with Crippen LogP contribution in [0.1, 0.15) is 61.3 Å². The van der Waals surface area contributed by atoms with Gasteiger partial charge in [0.15, 0.2) is 0 Å². The standard InChI is InChI=1S/C38H45ClN2O5S/c1-3-4-5-6-10-25-46-37-22-17-34(39)27-33(37)29-41(38(42)26-31-11-8-7-9-12-31)24-23-30-15-20-36(21-16-30)47(43,44)40-28-32-13-18-35(45-2)19-14-32/h7-9,11-22,27,40H,3-6,10,23-26,28-29H2,1-2H3. The predicted octanol–water partition coefficient (Wildman–Crippen LogP) is 7.99. The summed E-state index contributed by atoms with van der Waals surface area (Å²) in [6.07, 6.45) is 6.53. The number of hydrogen-bond acceptors (Lipinski definition) is 5. The molecular weight excluding hydrogens is 632 g/mol. The van der Waals surface area contributed by atoms with Gasteiger partial charge in [-0.05, 0) is 72.0 Å². The molecule has 0 aromatic heterocycles. The van der Waals surface area contributed by atoms with Crippen LogP contribution in [0.5, 0.6) is 11.5 Å². The van der Waals surface area contributed by atoms with Crippen LogP contribution < -0.4 is 14.2 Å². The van der Waals surface area contributed by atoms with Crippen molar-refractivity contribution in [1.29, 1.82) is 0 Å². The van der Waals surface area contributed by atoms with Crippen LogP contribution in [-0.2, 0) is 40.7 Å². The van der Waals surface area contributed by atoms with E-state index in [1.807, 2.05) is 65.6 Å². The summed E-state index contributed by atoms with van der Waals surface area (Å²) in [6, 6.07) is 29.3. The Morgan fingerprint density at radius 1 is 0.830 bits per heavy atom. The highest BCUT2D eigenvalue weighted by Crippen LogP contribution is 2.26. The second kappa shape index (κ2) is 18.5. The van der Waals surface area contributed by atoms with Crippen molar-refractivity contribution in [3.05, 3.63) is 124 Å². The average Bonchev–Trinajstić information content (AvgIpc) is 3.09. The third-order valence-corrected chi connectivity index (χ3v) is 9.62. The van der Waals surface area contributed by atoms with Crippen LogP contribution in [0.15, 0.2) is 102 Å². The van der Waals surface area contributed by atoms with Gasteiger partial charge in [-0.15, -0.1) is 0 Å². The van der Waals surface area contributed by atoms with Gasteiger partial charge in [0.25, 0.3) is 0 Å². The molecule has 1 amide bonds. The Kier molecular flexibility index (Phi) is 14.2. The topological polar surface area (TPSA) is 84.9 Å². The average molecular weight is 677 g/mol. The number of rotatable bonds is 19. The number of carbonyl (C=O) groups is 1. The van der Waals surface area contributed by atoms with Gasteiger partial charge in [0.2, 0.25) is 15.9 Å². The maximum atomic E-state index is 13.7. The Bertz CT molecular complexity index is 1650. The van der Waals surface area contributed by atoms with E-state index in [9.17, 15) is 13.2 Å². The van der Waals surface area contributed by atoms with Crippen LogP contribution in [0, 0.1) is 0 Å². The van der Waals surface area contributed by atoms with Crippen molar-refractivity contribution in [3.63, 3.8) is 0 Å². The number of unbranched alkanes of at least 4 members (excludes halogenated alkanes) is 4. The molecule has 47 heavy (non-hydrogen) atoms. The van der Waals surface area contributed by atoms with E-state index in [0.29, 0.717) is 36.9 Å². The number of benzene rings is 4. The molecule has 0 aliphatic heterocycles. The highest BCUT2D eigenvalue weighted by Gasteiger charge is 2.19. The molecule has 0 saturated heterocycles. The zero-order chi connectivity index (χ0) is 33.5. The second-order valence-corrected chi connectivity index (χ2v) is 13.8. The van der Waals surface area contributed by atoms with Gasteiger partial charge in [-0.1, -0.05) is 98.8 Å². The fraction of sp³-hybridized carbons (Fsp3) is 0.342. The number of carbonyl (C=O) groups excluding carboxylic acids is 1. The molecule has 9 heteroatoms. The van der Waals surface area contributed by atoms with Gasteiger partial charge in [-0.3, -0.25) is 4.79 Å². The quantitative estimate of drug-likeness (QED) is 0.102. The molecule has 0 heterocycles. The normalized spacial score (nSPS) is 11.3. The van der Waals surface area contributed by atoms with Crippen LogP contribution >= 0.6 is 11.6 Å². The Hall–Kier alpha value is -3.85. The molecule has 0 unspecified atom stereocenters. The summed E-state index contributed by atoms with van der Waals surface area (Å²) >= 11 is 6.40. The molecule has 4 rings (SSSR count). The van der Waals surface area contributed by atoms with Gasteiger partial charge in [-0.25, -0.2) is 13.1 Å². The van der Waals surface area contributed by atoms with Crippen LogP contribution in [0.4, 0.5) is 0 Å². The summed E-state index contributed by atoms with van der Waals surface area (Å²) < 4.78 is 39.9. The van der Waals surface area contributed by atoms with Crippen molar-refractivity contribution in [2.75, 3.05) is 20.3 Å². The third-order valence-electron chi connectivity index (χ3n) is 7.97. The molecule has 0 spiro atoms. The van der Waals surface area contributed by atoms with Crippen LogP contribution in [0.3, 0.4) is 0 Å². The summed E-state index contributed by atoms with van der Waals surface area (Å²) in [4.78, 5) is 15.7. The second-order valence-electron chi connectivity index (χ2n) is 11.6. The van der Waals surface area contributed by atoms with Gasteiger partial charge in [-0.2, -0.15) is 0 Å². The first-order chi connectivity index (χ1) is 22.8. The molecule has 0 saturated carbocycles. The number of ether oxygens (including phenoxy) is 2. The molecule has 0 aliphatic rings. The fourth-order valence-corrected chi connectivity index (χ4v) is 6.40. The Balaban J connectivity index is 1.43. The molecule has 0 aliphatic carbocycles. The molecule has 7 nitrogen and oxygen atoms in total. The predicted molar refractivity (Wildman–Crippen MR) is 188 cm³/mol. The number of hydrogen-bond donors (Lipinski definition) is 1. The molecular formula is C38H45ClN2O5S. The molecule has 4 aromatic rings. The zero-order valence-corrected chi connectivity index (χ0v) is 28.9. The molecule has 0 bridgehead atoms. The molecule has 0 atom stereocenters. The van der Waals surface area contributed by atoms with E-state index < -0.39 is 10.0 Å². The minimum absolute atomic E-state index is 0.0105. The first kappa shape index (κ1) is 36.0. The lowest BCUT2D eigenvalue weighted by molar-refractivity contribution is -0.131. The lowest BCUT2D eigenvalue weighted by Gasteiger charge is -2.25. The number of halogens is 1. The van der Waals surface area contributed by atoms with Crippen LogP contribution in [0.2, 0.25) is 5.02 Å². The molecule has 0 fully saturated rings. The van der Waals surface area contributed by atoms with Crippen LogP contribution in [-0.4, -0.2) is 39.5 Å². The smallest absolute Gasteiger partial charge is 0.240 e. The van der Waals surface area contributed by atoms with E-state index in [4.69, 9.17) is 21.1 Å². The van der Waals surface area contributed by atoms with Gasteiger partial charge >= 0.3 is 0 Å². The summed E-state index contributed by atoms with van der Waals surface area (Å²) in [7, 11) is -2.12. The van der Waals surface area contributed by atoms with Crippen molar-refractivity contribution in [2.24, 2.45) is 0 Å². The van der Waals surface area contributed by atoms with Crippen molar-refractivity contribution in [2.45, 2.75) is 69.9 Å². The van der Waals surface area contributed by atoms with Crippen LogP contribution in [0.25, 0.3) is 0 Å². The monoisotopic (exact) mass is 676 g/mol. The van der Waals surface area contributed by atoms with E-state index >= 15 is 0 Å². The lowest BCUT2D eigenvalue weighted by Crippen LogP contribution is -2.34. The van der Waals surface area contributed by atoms with E-state index in [1.54, 1.807) is 43.5 Å². The Morgan fingerprint density at radius 2 is 1.53 bits per heavy atom. The number of amides is 1. The number of nitrogens with one attached hydrogen (secondary N) is 1. The van der Waals surface area contributed by atoms with E-state index in [1.165, 1.54) is 19.3 Å². The van der Waals surface area contributed by atoms with Crippen molar-refractivity contribution < 1.29 is 22.7 Å². The summed E-state index contributed by atoms with van der Waals surface area (Å²) in [6.45, 7) is 3.77. The van der Waals surface area contributed by atoms with Gasteiger partial charge in [0, 0.05) is 30.2 Å². The largest absolute Gasteiger partial charge is 0.497 e. The number of methoxy groups -OCH3 is 1. The molecule has 0 radical (unpaired) electrons. The third kappa shape index (κ3) is 11.7. The zero-order valence-electron chi connectivity index (χ0n) is 27.3. The summed E-state index contributed by atoms with van der Waals surface area (Å²) in [5, 5.41) is 0.586. The number of nitrogens with zero attached hydrogens (tertiary/aromatic N) is 1. The van der Waals surface area contributed by atoms with E-state index in [2.05, 4.69) is 11.6 Å². The van der Waals surface area contributed by atoms with E-state index in [0.717, 1.165) is 40.8 Å². The molecule has 1 N–H and O–H groups in total. The SMILES string of the molecule is CCCCCCCOc1ccc(Cl)cc1CN(CCc1ccc(S(=O)(=O)NCc2ccc(OC)cc2)cc1)C(=O)Cc1ccccc1. The van der Waals surface area contributed by atoms with Crippen molar-refractivity contribution >= 4 is 27.5 Å². The first-order valence-electron chi connectivity index (χ1n) is 16.2. The lowest BCUT2D eigenvalue weighted by atomic mass is 10.1. The van der Waals surface area contributed by atoms with E-state index in [-0.39, 0.29) is 23.8 Å². The minimum atomic E-state index is -3.71. The highest BCUT2D eigenvalue weighted by atomic mass is 35.5. The summed E-state index contributed by atoms with van der Waals surface area (Å²) in [5.41, 5.74) is 3.54. The Morgan fingerprint density at radius 3 is 2.23 bits per heavy atom. The fourth-order valence-electron chi connectivity index (χ4n) is 5.18. The minimum Gasteiger partial charge on any atom is -0.497 e. The maximum Gasteiger partial charge on any atom is 0.240 e. The molecule has 4 aromatic carbocycles. The van der Waals surface area contributed by atoms with Gasteiger partial charge in [0.1, 0.15) is 11.5 Å². The van der Waals surface area contributed by atoms with Gasteiger partial charge < -0.3 is 14.4 Å². The highest BCUT2D eigenvalue weighted by molar-refractivity contribution is 7.89. The maximum absolute atomic E-state index is 13.7.